The molecule has 3 rings (SSSR count). The van der Waals surface area contributed by atoms with Crippen LogP contribution in [0.1, 0.15) is 29.8 Å². The Hall–Kier alpha value is -3.48. The van der Waals surface area contributed by atoms with Crippen LogP contribution in [-0.2, 0) is 27.5 Å². The molecule has 1 amide bonds. The van der Waals surface area contributed by atoms with Crippen molar-refractivity contribution in [2.45, 2.75) is 25.6 Å². The molecule has 0 saturated heterocycles. The van der Waals surface area contributed by atoms with Crippen LogP contribution in [0.3, 0.4) is 0 Å². The van der Waals surface area contributed by atoms with E-state index in [0.29, 0.717) is 5.56 Å². The monoisotopic (exact) mass is 485 g/mol. The fraction of sp³-hybridized carbons (Fsp3) is 0.250. The van der Waals surface area contributed by atoms with Gasteiger partial charge in [-0.05, 0) is 42.8 Å². The maximum atomic E-state index is 13.6. The fourth-order valence-electron chi connectivity index (χ4n) is 2.91. The Kier molecular flexibility index (Phi) is 6.72. The van der Waals surface area contributed by atoms with Gasteiger partial charge in [0.25, 0.3) is 0 Å². The number of carbonyl (C=O) groups is 1. The molecule has 176 valence electrons. The van der Waals surface area contributed by atoms with Gasteiger partial charge >= 0.3 is 6.18 Å². The number of benzene rings is 1. The van der Waals surface area contributed by atoms with Crippen molar-refractivity contribution in [1.29, 1.82) is 0 Å². The van der Waals surface area contributed by atoms with Gasteiger partial charge in [-0.15, -0.1) is 0 Å². The Morgan fingerprint density at radius 3 is 2.48 bits per heavy atom. The Labute approximate surface area is 186 Å². The van der Waals surface area contributed by atoms with Gasteiger partial charge in [0.1, 0.15) is 11.6 Å². The first-order valence-electron chi connectivity index (χ1n) is 9.47. The normalized spacial score (nSPS) is 12.9. The number of hydrogen-bond acceptors (Lipinski definition) is 5. The van der Waals surface area contributed by atoms with Crippen LogP contribution in [-0.4, -0.2) is 35.3 Å². The van der Waals surface area contributed by atoms with Gasteiger partial charge in [-0.3, -0.25) is 9.52 Å². The van der Waals surface area contributed by atoms with Gasteiger partial charge in [0, 0.05) is 6.20 Å². The number of halogens is 4. The molecule has 1 aromatic carbocycles. The molecule has 0 aliphatic heterocycles. The number of sulfonamides is 1. The van der Waals surface area contributed by atoms with Crippen molar-refractivity contribution in [1.82, 2.24) is 20.1 Å². The van der Waals surface area contributed by atoms with E-state index in [0.717, 1.165) is 29.1 Å². The molecule has 2 aromatic heterocycles. The molecule has 2 N–H and O–H groups in total. The van der Waals surface area contributed by atoms with Crippen molar-refractivity contribution in [2.24, 2.45) is 0 Å². The predicted molar refractivity (Wildman–Crippen MR) is 111 cm³/mol. The van der Waals surface area contributed by atoms with Crippen molar-refractivity contribution >= 4 is 21.7 Å². The highest BCUT2D eigenvalue weighted by molar-refractivity contribution is 7.92. The number of nitrogens with zero attached hydrogens (tertiary/aromatic N) is 3. The molecule has 3 aromatic rings. The molecule has 1 atom stereocenters. The molecule has 2 heterocycles. The Morgan fingerprint density at radius 2 is 1.91 bits per heavy atom. The largest absolute Gasteiger partial charge is 0.435 e. The predicted octanol–water partition coefficient (Wildman–Crippen LogP) is 3.22. The van der Waals surface area contributed by atoms with E-state index in [-0.39, 0.29) is 23.7 Å². The summed E-state index contributed by atoms with van der Waals surface area (Å²) in [6.07, 6.45) is -2.44. The van der Waals surface area contributed by atoms with E-state index in [1.807, 2.05) is 0 Å². The number of rotatable bonds is 7. The van der Waals surface area contributed by atoms with Crippen LogP contribution in [0.5, 0.6) is 0 Å². The summed E-state index contributed by atoms with van der Waals surface area (Å²) in [5.41, 5.74) is -0.649. The van der Waals surface area contributed by atoms with Crippen LogP contribution in [0.25, 0.3) is 5.69 Å². The fourth-order valence-corrected chi connectivity index (χ4v) is 3.41. The molecule has 0 radical (unpaired) electrons. The van der Waals surface area contributed by atoms with E-state index >= 15 is 0 Å². The lowest BCUT2D eigenvalue weighted by atomic mass is 10.0. The summed E-state index contributed by atoms with van der Waals surface area (Å²) < 4.78 is 78.7. The Bertz CT molecular complexity index is 1260. The standard InChI is InChI=1S/C20H19F4N5O3S/c1-12(13-6-7-18(25-10-13)28-33(2,31)32)19(30)26-11-16-9-17(20(22,23)24)27-29(16)15-5-3-4-14(21)8-15/h3-10,12H,11H2,1-2H3,(H,25,28)(H,26,30). The van der Waals surface area contributed by atoms with Gasteiger partial charge in [-0.25, -0.2) is 22.5 Å². The van der Waals surface area contributed by atoms with Crippen LogP contribution >= 0.6 is 0 Å². The topological polar surface area (TPSA) is 106 Å². The van der Waals surface area contributed by atoms with E-state index in [2.05, 4.69) is 20.1 Å². The highest BCUT2D eigenvalue weighted by Crippen LogP contribution is 2.29. The smallest absolute Gasteiger partial charge is 0.350 e. The van der Waals surface area contributed by atoms with Crippen LogP contribution in [0.4, 0.5) is 23.4 Å². The molecule has 0 bridgehead atoms. The van der Waals surface area contributed by atoms with Crippen molar-refractivity contribution < 1.29 is 30.8 Å². The van der Waals surface area contributed by atoms with Crippen molar-refractivity contribution in [3.8, 4) is 5.69 Å². The minimum atomic E-state index is -4.72. The number of hydrogen-bond donors (Lipinski definition) is 2. The average molecular weight is 485 g/mol. The van der Waals surface area contributed by atoms with Crippen LogP contribution < -0.4 is 10.0 Å². The summed E-state index contributed by atoms with van der Waals surface area (Å²) in [4.78, 5) is 16.5. The van der Waals surface area contributed by atoms with Crippen LogP contribution in [0.15, 0.2) is 48.7 Å². The highest BCUT2D eigenvalue weighted by atomic mass is 32.2. The third-order valence-corrected chi connectivity index (χ3v) is 5.12. The molecule has 0 spiro atoms. The molecule has 8 nitrogen and oxygen atoms in total. The first-order chi connectivity index (χ1) is 15.3. The van der Waals surface area contributed by atoms with Gasteiger partial charge in [0.15, 0.2) is 5.69 Å². The van der Waals surface area contributed by atoms with Crippen molar-refractivity contribution in [3.63, 3.8) is 0 Å². The van der Waals surface area contributed by atoms with E-state index in [1.165, 1.54) is 30.5 Å². The molecule has 33 heavy (non-hydrogen) atoms. The number of alkyl halides is 3. The third kappa shape index (κ3) is 6.28. The summed E-state index contributed by atoms with van der Waals surface area (Å²) in [5.74, 6) is -1.83. The summed E-state index contributed by atoms with van der Waals surface area (Å²) in [7, 11) is -3.51. The zero-order chi connectivity index (χ0) is 24.4. The van der Waals surface area contributed by atoms with Crippen molar-refractivity contribution in [2.75, 3.05) is 11.0 Å². The highest BCUT2D eigenvalue weighted by Gasteiger charge is 2.35. The zero-order valence-corrected chi connectivity index (χ0v) is 18.2. The Balaban J connectivity index is 1.77. The summed E-state index contributed by atoms with van der Waals surface area (Å²) in [6.45, 7) is 1.25. The maximum Gasteiger partial charge on any atom is 0.435 e. The molecular weight excluding hydrogens is 466 g/mol. The minimum Gasteiger partial charge on any atom is -0.350 e. The number of amides is 1. The summed E-state index contributed by atoms with van der Waals surface area (Å²) in [5, 5.41) is 6.06. The van der Waals surface area contributed by atoms with Crippen LogP contribution in [0.2, 0.25) is 0 Å². The summed E-state index contributed by atoms with van der Waals surface area (Å²) >= 11 is 0. The van der Waals surface area contributed by atoms with Crippen molar-refractivity contribution in [3.05, 3.63) is 71.4 Å². The first-order valence-corrected chi connectivity index (χ1v) is 11.4. The molecule has 1 unspecified atom stereocenters. The molecule has 13 heteroatoms. The number of pyridine rings is 1. The minimum absolute atomic E-state index is 0.000648. The lowest BCUT2D eigenvalue weighted by Gasteiger charge is -2.14. The van der Waals surface area contributed by atoms with Gasteiger partial charge < -0.3 is 5.32 Å². The van der Waals surface area contributed by atoms with Gasteiger partial charge in [-0.2, -0.15) is 18.3 Å². The van der Waals surface area contributed by atoms with Crippen LogP contribution in [0, 0.1) is 5.82 Å². The second-order valence-corrected chi connectivity index (χ2v) is 8.95. The number of carbonyl (C=O) groups excluding carboxylic acids is 1. The SMILES string of the molecule is CC(C(=O)NCc1cc(C(F)(F)F)nn1-c1cccc(F)c1)c1ccc(NS(C)(=O)=O)nc1. The molecular formula is C20H19F4N5O3S. The first kappa shape index (κ1) is 24.2. The molecule has 0 aliphatic carbocycles. The van der Waals surface area contributed by atoms with Gasteiger partial charge in [-0.1, -0.05) is 12.1 Å². The third-order valence-electron chi connectivity index (χ3n) is 4.54. The van der Waals surface area contributed by atoms with E-state index in [9.17, 15) is 30.8 Å². The zero-order valence-electron chi connectivity index (χ0n) is 17.4. The van der Waals surface area contributed by atoms with E-state index in [1.54, 1.807) is 6.92 Å². The molecule has 0 saturated carbocycles. The quantitative estimate of drug-likeness (QED) is 0.500. The van der Waals surface area contributed by atoms with Gasteiger partial charge in [0.2, 0.25) is 15.9 Å². The number of nitrogens with one attached hydrogen (secondary N) is 2. The van der Waals surface area contributed by atoms with E-state index < -0.39 is 39.5 Å². The Morgan fingerprint density at radius 1 is 1.18 bits per heavy atom. The number of anilines is 1. The average Bonchev–Trinajstić information content (AvgIpc) is 3.16. The second kappa shape index (κ2) is 9.17. The molecule has 0 fully saturated rings. The molecule has 0 aliphatic rings. The van der Waals surface area contributed by atoms with Gasteiger partial charge in [0.05, 0.1) is 30.1 Å². The van der Waals surface area contributed by atoms with E-state index in [4.69, 9.17) is 0 Å². The summed E-state index contributed by atoms with van der Waals surface area (Å²) in [6, 6.07) is 8.56. The lowest BCUT2D eigenvalue weighted by Crippen LogP contribution is -2.28. The lowest BCUT2D eigenvalue weighted by molar-refractivity contribution is -0.141. The number of aromatic nitrogens is 3. The maximum absolute atomic E-state index is 13.6. The second-order valence-electron chi connectivity index (χ2n) is 7.20.